The van der Waals surface area contributed by atoms with E-state index in [9.17, 15) is 4.79 Å². The van der Waals surface area contributed by atoms with E-state index in [0.717, 1.165) is 27.9 Å². The van der Waals surface area contributed by atoms with Gasteiger partial charge >= 0.3 is 0 Å². The molecule has 0 saturated heterocycles. The van der Waals surface area contributed by atoms with Crippen molar-refractivity contribution in [2.24, 2.45) is 5.73 Å². The van der Waals surface area contributed by atoms with E-state index in [-0.39, 0.29) is 11.7 Å². The van der Waals surface area contributed by atoms with E-state index in [0.29, 0.717) is 0 Å². The number of thioether (sulfide) groups is 1. The molecule has 0 bridgehead atoms. The number of carbonyl (C=O) groups is 1. The summed E-state index contributed by atoms with van der Waals surface area (Å²) >= 11 is 1.41. The van der Waals surface area contributed by atoms with Gasteiger partial charge in [-0.2, -0.15) is 0 Å². The van der Waals surface area contributed by atoms with Crippen molar-refractivity contribution in [3.05, 3.63) is 35.4 Å². The highest BCUT2D eigenvalue weighted by atomic mass is 32.2. The number of nitrogens with zero attached hydrogens (tertiary/aromatic N) is 1. The molecule has 2 rings (SSSR count). The molecule has 0 saturated carbocycles. The number of benzene rings is 1. The van der Waals surface area contributed by atoms with Gasteiger partial charge in [0.2, 0.25) is 5.91 Å². The Kier molecular flexibility index (Phi) is 3.87. The van der Waals surface area contributed by atoms with Crippen molar-refractivity contribution < 1.29 is 4.79 Å². The van der Waals surface area contributed by atoms with Crippen molar-refractivity contribution in [3.8, 4) is 0 Å². The third-order valence-corrected chi connectivity index (χ3v) is 3.80. The monoisotopic (exact) mass is 260 g/mol. The standard InChI is InChI=1S/C14H16N2OS/c1-3-10-7-11-5-4-9(2)6-12(11)16-14(10)18-8-13(15)17/h4-7H,3,8H2,1-2H3,(H2,15,17). The predicted molar refractivity (Wildman–Crippen MR) is 75.8 cm³/mol. The van der Waals surface area contributed by atoms with Crippen LogP contribution in [0.25, 0.3) is 10.9 Å². The van der Waals surface area contributed by atoms with Gasteiger partial charge in [-0.05, 0) is 36.6 Å². The molecule has 0 fully saturated rings. The molecular weight excluding hydrogens is 244 g/mol. The number of primary amides is 1. The maximum atomic E-state index is 10.9. The lowest BCUT2D eigenvalue weighted by Crippen LogP contribution is -2.13. The first-order chi connectivity index (χ1) is 8.60. The molecule has 3 nitrogen and oxygen atoms in total. The van der Waals surface area contributed by atoms with E-state index in [1.54, 1.807) is 0 Å². The van der Waals surface area contributed by atoms with E-state index in [4.69, 9.17) is 5.73 Å². The molecule has 0 radical (unpaired) electrons. The molecule has 94 valence electrons. The number of pyridine rings is 1. The summed E-state index contributed by atoms with van der Waals surface area (Å²) < 4.78 is 0. The molecule has 0 unspecified atom stereocenters. The molecule has 1 aromatic heterocycles. The van der Waals surface area contributed by atoms with Crippen LogP contribution in [0.3, 0.4) is 0 Å². The van der Waals surface area contributed by atoms with E-state index >= 15 is 0 Å². The van der Waals surface area contributed by atoms with Crippen molar-refractivity contribution >= 4 is 28.6 Å². The second-order valence-electron chi connectivity index (χ2n) is 4.26. The van der Waals surface area contributed by atoms with Crippen LogP contribution in [-0.4, -0.2) is 16.6 Å². The lowest BCUT2D eigenvalue weighted by Gasteiger charge is -2.08. The molecule has 0 aliphatic rings. The summed E-state index contributed by atoms with van der Waals surface area (Å²) in [6.07, 6.45) is 0.901. The summed E-state index contributed by atoms with van der Waals surface area (Å²) in [5.41, 5.74) is 8.50. The number of amides is 1. The van der Waals surface area contributed by atoms with Gasteiger partial charge in [0.15, 0.2) is 0 Å². The molecule has 2 N–H and O–H groups in total. The minimum atomic E-state index is -0.312. The quantitative estimate of drug-likeness (QED) is 0.860. The fraction of sp³-hybridized carbons (Fsp3) is 0.286. The van der Waals surface area contributed by atoms with Crippen molar-refractivity contribution in [2.45, 2.75) is 25.3 Å². The Morgan fingerprint density at radius 2 is 2.17 bits per heavy atom. The van der Waals surface area contributed by atoms with Crippen molar-refractivity contribution in [3.63, 3.8) is 0 Å². The van der Waals surface area contributed by atoms with Gasteiger partial charge in [0.1, 0.15) is 5.03 Å². The van der Waals surface area contributed by atoms with Crippen LogP contribution in [0.5, 0.6) is 0 Å². The average molecular weight is 260 g/mol. The fourth-order valence-corrected chi connectivity index (χ4v) is 2.65. The van der Waals surface area contributed by atoms with E-state index in [2.05, 4.69) is 36.2 Å². The zero-order chi connectivity index (χ0) is 13.1. The van der Waals surface area contributed by atoms with Crippen LogP contribution in [0.15, 0.2) is 29.3 Å². The van der Waals surface area contributed by atoms with E-state index < -0.39 is 0 Å². The molecule has 2 aromatic rings. The summed E-state index contributed by atoms with van der Waals surface area (Å²) in [7, 11) is 0. The fourth-order valence-electron chi connectivity index (χ4n) is 1.82. The molecule has 1 aromatic carbocycles. The summed E-state index contributed by atoms with van der Waals surface area (Å²) in [6.45, 7) is 4.14. The Labute approximate surface area is 111 Å². The van der Waals surface area contributed by atoms with Crippen molar-refractivity contribution in [1.82, 2.24) is 4.98 Å². The molecule has 18 heavy (non-hydrogen) atoms. The summed E-state index contributed by atoms with van der Waals surface area (Å²) in [5.74, 6) is -0.0367. The number of carbonyl (C=O) groups excluding carboxylic acids is 1. The Morgan fingerprint density at radius 1 is 1.39 bits per heavy atom. The lowest BCUT2D eigenvalue weighted by molar-refractivity contribution is -0.115. The highest BCUT2D eigenvalue weighted by Crippen LogP contribution is 2.25. The second kappa shape index (κ2) is 5.40. The van der Waals surface area contributed by atoms with Gasteiger partial charge in [-0.1, -0.05) is 30.8 Å². The van der Waals surface area contributed by atoms with Crippen LogP contribution in [0.2, 0.25) is 0 Å². The molecule has 1 heterocycles. The zero-order valence-electron chi connectivity index (χ0n) is 10.6. The normalized spacial score (nSPS) is 10.8. The Morgan fingerprint density at radius 3 is 2.83 bits per heavy atom. The number of aryl methyl sites for hydroxylation is 2. The van der Waals surface area contributed by atoms with Crippen LogP contribution >= 0.6 is 11.8 Å². The van der Waals surface area contributed by atoms with Gasteiger partial charge in [0, 0.05) is 5.39 Å². The first-order valence-electron chi connectivity index (χ1n) is 5.91. The number of rotatable bonds is 4. The largest absolute Gasteiger partial charge is 0.369 e. The molecular formula is C14H16N2OS. The number of hydrogen-bond donors (Lipinski definition) is 1. The zero-order valence-corrected chi connectivity index (χ0v) is 11.4. The maximum Gasteiger partial charge on any atom is 0.227 e. The van der Waals surface area contributed by atoms with Crippen LogP contribution in [0.4, 0.5) is 0 Å². The van der Waals surface area contributed by atoms with E-state index in [1.807, 2.05) is 6.92 Å². The summed E-state index contributed by atoms with van der Waals surface area (Å²) in [6, 6.07) is 8.37. The Bertz CT molecular complexity index is 596. The Hall–Kier alpha value is -1.55. The van der Waals surface area contributed by atoms with Gasteiger partial charge in [0.05, 0.1) is 11.3 Å². The molecule has 0 aliphatic carbocycles. The molecule has 0 spiro atoms. The first-order valence-corrected chi connectivity index (χ1v) is 6.90. The van der Waals surface area contributed by atoms with Crippen molar-refractivity contribution in [2.75, 3.05) is 5.75 Å². The molecule has 0 atom stereocenters. The second-order valence-corrected chi connectivity index (χ2v) is 5.22. The number of fused-ring (bicyclic) bond motifs is 1. The molecule has 4 heteroatoms. The Balaban J connectivity index is 2.46. The van der Waals surface area contributed by atoms with Crippen LogP contribution in [-0.2, 0) is 11.2 Å². The predicted octanol–water partition coefficient (Wildman–Crippen LogP) is 2.68. The topological polar surface area (TPSA) is 56.0 Å². The number of nitrogens with two attached hydrogens (primary N) is 1. The molecule has 1 amide bonds. The lowest BCUT2D eigenvalue weighted by atomic mass is 10.1. The third kappa shape index (κ3) is 2.82. The van der Waals surface area contributed by atoms with Crippen LogP contribution in [0.1, 0.15) is 18.1 Å². The van der Waals surface area contributed by atoms with Crippen LogP contribution in [0, 0.1) is 6.92 Å². The van der Waals surface area contributed by atoms with Gasteiger partial charge < -0.3 is 5.73 Å². The van der Waals surface area contributed by atoms with Crippen molar-refractivity contribution in [1.29, 1.82) is 0 Å². The van der Waals surface area contributed by atoms with Gasteiger partial charge in [-0.15, -0.1) is 0 Å². The maximum absolute atomic E-state index is 10.9. The minimum Gasteiger partial charge on any atom is -0.369 e. The van der Waals surface area contributed by atoms with Gasteiger partial charge in [0.25, 0.3) is 0 Å². The third-order valence-electron chi connectivity index (χ3n) is 2.74. The van der Waals surface area contributed by atoms with E-state index in [1.165, 1.54) is 17.3 Å². The molecule has 0 aliphatic heterocycles. The van der Waals surface area contributed by atoms with Crippen LogP contribution < -0.4 is 5.73 Å². The highest BCUT2D eigenvalue weighted by molar-refractivity contribution is 7.99. The highest BCUT2D eigenvalue weighted by Gasteiger charge is 2.08. The minimum absolute atomic E-state index is 0.275. The number of hydrogen-bond acceptors (Lipinski definition) is 3. The SMILES string of the molecule is CCc1cc2ccc(C)cc2nc1SCC(N)=O. The van der Waals surface area contributed by atoms with Gasteiger partial charge in [-0.25, -0.2) is 4.98 Å². The average Bonchev–Trinajstić information content (AvgIpc) is 2.35. The summed E-state index contributed by atoms with van der Waals surface area (Å²) in [5, 5.41) is 2.05. The first kappa shape index (κ1) is 12.9. The smallest absolute Gasteiger partial charge is 0.227 e. The van der Waals surface area contributed by atoms with Gasteiger partial charge in [-0.3, -0.25) is 4.79 Å². The number of aromatic nitrogens is 1. The summed E-state index contributed by atoms with van der Waals surface area (Å²) in [4.78, 5) is 15.5.